The predicted molar refractivity (Wildman–Crippen MR) is 138 cm³/mol. The second kappa shape index (κ2) is 9.43. The Labute approximate surface area is 219 Å². The highest BCUT2D eigenvalue weighted by Gasteiger charge is 2.45. The Morgan fingerprint density at radius 2 is 1.97 bits per heavy atom. The molecule has 2 bridgehead atoms. The Bertz CT molecular complexity index is 1370. The fourth-order valence-electron chi connectivity index (χ4n) is 6.54. The summed E-state index contributed by atoms with van der Waals surface area (Å²) in [4.78, 5) is 19.8. The Hall–Kier alpha value is -3.37. The molecule has 8 nitrogen and oxygen atoms in total. The molecule has 38 heavy (non-hydrogen) atoms. The van der Waals surface area contributed by atoms with Crippen molar-refractivity contribution in [1.29, 1.82) is 0 Å². The lowest BCUT2D eigenvalue weighted by Gasteiger charge is -2.48. The maximum atomic E-state index is 13.6. The van der Waals surface area contributed by atoms with Gasteiger partial charge in [-0.05, 0) is 48.6 Å². The van der Waals surface area contributed by atoms with E-state index < -0.39 is 5.92 Å². The zero-order chi connectivity index (χ0) is 26.6. The third-order valence-corrected chi connectivity index (χ3v) is 8.10. The lowest BCUT2D eigenvalue weighted by atomic mass is 9.80. The number of piperidine rings is 1. The second-order valence-corrected chi connectivity index (χ2v) is 10.9. The first-order chi connectivity index (χ1) is 18.2. The number of nitrogens with one attached hydrogen (secondary N) is 1. The Morgan fingerprint density at radius 3 is 2.63 bits per heavy atom. The number of halogens is 2. The summed E-state index contributed by atoms with van der Waals surface area (Å²) in [6.45, 7) is 6.69. The summed E-state index contributed by atoms with van der Waals surface area (Å²) < 4.78 is 33.0. The SMILES string of the molecule is C=CC(=O)N1C2COCC1CC(c1[nH]c3nnc(-c4ccccc4O)cc3c1C(C)CN1CC(F)(F)C1)C2. The number of alkyl halides is 2. The average molecular weight is 524 g/mol. The second-order valence-electron chi connectivity index (χ2n) is 10.9. The molecule has 5 heterocycles. The van der Waals surface area contributed by atoms with Crippen molar-refractivity contribution in [2.24, 2.45) is 0 Å². The maximum absolute atomic E-state index is 13.6. The summed E-state index contributed by atoms with van der Waals surface area (Å²) >= 11 is 0. The normalized spacial score (nSPS) is 25.7. The zero-order valence-electron chi connectivity index (χ0n) is 21.2. The van der Waals surface area contributed by atoms with Gasteiger partial charge in [-0.25, -0.2) is 8.78 Å². The number of amides is 1. The molecule has 0 spiro atoms. The maximum Gasteiger partial charge on any atom is 0.272 e. The number of likely N-dealkylation sites (tertiary alicyclic amines) is 1. The van der Waals surface area contributed by atoms with E-state index in [9.17, 15) is 18.7 Å². The molecule has 2 N–H and O–H groups in total. The van der Waals surface area contributed by atoms with Gasteiger partial charge in [0.15, 0.2) is 5.65 Å². The highest BCUT2D eigenvalue weighted by molar-refractivity contribution is 5.88. The van der Waals surface area contributed by atoms with Crippen molar-refractivity contribution in [1.82, 2.24) is 25.0 Å². The molecular weight excluding hydrogens is 492 g/mol. The number of phenols is 1. The van der Waals surface area contributed by atoms with E-state index >= 15 is 0 Å². The first-order valence-corrected chi connectivity index (χ1v) is 13.0. The number of benzene rings is 1. The van der Waals surface area contributed by atoms with Gasteiger partial charge in [0.1, 0.15) is 5.75 Å². The summed E-state index contributed by atoms with van der Waals surface area (Å²) in [5, 5.41) is 20.1. The largest absolute Gasteiger partial charge is 0.507 e. The van der Waals surface area contributed by atoms with Gasteiger partial charge in [0.2, 0.25) is 5.91 Å². The van der Waals surface area contributed by atoms with Crippen LogP contribution in [0.3, 0.4) is 0 Å². The third-order valence-electron chi connectivity index (χ3n) is 8.10. The van der Waals surface area contributed by atoms with Crippen LogP contribution < -0.4 is 0 Å². The number of carbonyl (C=O) groups is 1. The molecule has 3 aromatic rings. The smallest absolute Gasteiger partial charge is 0.272 e. The lowest BCUT2D eigenvalue weighted by molar-refractivity contribution is -0.146. The van der Waals surface area contributed by atoms with Crippen LogP contribution >= 0.6 is 0 Å². The molecule has 0 aliphatic carbocycles. The molecule has 10 heteroatoms. The van der Waals surface area contributed by atoms with E-state index in [2.05, 4.69) is 28.7 Å². The molecule has 3 unspecified atom stereocenters. The number of H-pyrrole nitrogens is 1. The number of carbonyl (C=O) groups excluding carboxylic acids is 1. The molecular formula is C28H31F2N5O3. The van der Waals surface area contributed by atoms with Crippen LogP contribution in [0, 0.1) is 0 Å². The minimum absolute atomic E-state index is 0.0554. The van der Waals surface area contributed by atoms with Crippen molar-refractivity contribution < 1.29 is 23.4 Å². The summed E-state index contributed by atoms with van der Waals surface area (Å²) in [5.41, 5.74) is 3.80. The fourth-order valence-corrected chi connectivity index (χ4v) is 6.54. The van der Waals surface area contributed by atoms with Crippen molar-refractivity contribution in [2.45, 2.75) is 49.6 Å². The molecule has 6 rings (SSSR count). The number of hydrogen-bond acceptors (Lipinski definition) is 6. The van der Waals surface area contributed by atoms with Gasteiger partial charge in [-0.3, -0.25) is 9.69 Å². The number of aromatic hydroxyl groups is 1. The Morgan fingerprint density at radius 1 is 1.26 bits per heavy atom. The van der Waals surface area contributed by atoms with Gasteiger partial charge < -0.3 is 19.7 Å². The van der Waals surface area contributed by atoms with Crippen LogP contribution in [0.2, 0.25) is 0 Å². The van der Waals surface area contributed by atoms with E-state index in [1.165, 1.54) is 6.08 Å². The van der Waals surface area contributed by atoms with Gasteiger partial charge >= 0.3 is 0 Å². The summed E-state index contributed by atoms with van der Waals surface area (Å²) in [5.74, 6) is -2.54. The highest BCUT2D eigenvalue weighted by Crippen LogP contribution is 2.43. The lowest BCUT2D eigenvalue weighted by Crippen LogP contribution is -2.58. The first-order valence-electron chi connectivity index (χ1n) is 13.0. The topological polar surface area (TPSA) is 94.6 Å². The van der Waals surface area contributed by atoms with E-state index in [1.54, 1.807) is 23.1 Å². The Kier molecular flexibility index (Phi) is 6.19. The van der Waals surface area contributed by atoms with Crippen LogP contribution in [0.4, 0.5) is 8.78 Å². The Balaban J connectivity index is 1.40. The van der Waals surface area contributed by atoms with Gasteiger partial charge in [0, 0.05) is 29.1 Å². The van der Waals surface area contributed by atoms with Crippen LogP contribution in [0.5, 0.6) is 5.75 Å². The molecule has 0 radical (unpaired) electrons. The van der Waals surface area contributed by atoms with Crippen molar-refractivity contribution in [3.05, 3.63) is 54.2 Å². The molecule has 3 fully saturated rings. The van der Waals surface area contributed by atoms with Crippen LogP contribution in [0.1, 0.15) is 42.9 Å². The zero-order valence-corrected chi connectivity index (χ0v) is 21.2. The molecule has 2 aromatic heterocycles. The summed E-state index contributed by atoms with van der Waals surface area (Å²) in [6, 6.07) is 8.77. The highest BCUT2D eigenvalue weighted by atomic mass is 19.3. The number of aromatic nitrogens is 3. The van der Waals surface area contributed by atoms with Gasteiger partial charge in [-0.1, -0.05) is 25.6 Å². The number of morpholine rings is 1. The minimum Gasteiger partial charge on any atom is -0.507 e. The number of hydrogen-bond donors (Lipinski definition) is 2. The van der Waals surface area contributed by atoms with E-state index in [4.69, 9.17) is 4.74 Å². The number of rotatable bonds is 6. The van der Waals surface area contributed by atoms with E-state index in [-0.39, 0.29) is 48.7 Å². The van der Waals surface area contributed by atoms with Crippen LogP contribution in [-0.2, 0) is 9.53 Å². The number of aromatic amines is 1. The number of fused-ring (bicyclic) bond motifs is 3. The number of phenolic OH excluding ortho intramolecular Hbond substituents is 1. The molecule has 3 atom stereocenters. The number of ether oxygens (including phenoxy) is 1. The molecule has 3 aliphatic heterocycles. The van der Waals surface area contributed by atoms with Crippen molar-refractivity contribution in [3.8, 4) is 17.0 Å². The number of nitrogens with zero attached hydrogens (tertiary/aromatic N) is 4. The van der Waals surface area contributed by atoms with Crippen LogP contribution in [0.15, 0.2) is 43.0 Å². The van der Waals surface area contributed by atoms with Gasteiger partial charge in [-0.2, -0.15) is 0 Å². The molecule has 3 saturated heterocycles. The van der Waals surface area contributed by atoms with Gasteiger partial charge in [-0.15, -0.1) is 10.2 Å². The van der Waals surface area contributed by atoms with E-state index in [0.717, 1.165) is 16.6 Å². The average Bonchev–Trinajstić information content (AvgIpc) is 3.25. The number of para-hydroxylation sites is 1. The summed E-state index contributed by atoms with van der Waals surface area (Å²) in [6.07, 6.45) is 2.79. The quantitative estimate of drug-likeness (QED) is 0.474. The fraction of sp³-hybridized carbons (Fsp3) is 0.464. The molecule has 3 aliphatic rings. The van der Waals surface area contributed by atoms with Crippen molar-refractivity contribution in [3.63, 3.8) is 0 Å². The van der Waals surface area contributed by atoms with Crippen LogP contribution in [0.25, 0.3) is 22.3 Å². The first kappa shape index (κ1) is 24.9. The van der Waals surface area contributed by atoms with Crippen molar-refractivity contribution in [2.75, 3.05) is 32.8 Å². The van der Waals surface area contributed by atoms with E-state index in [0.29, 0.717) is 49.5 Å². The predicted octanol–water partition coefficient (Wildman–Crippen LogP) is 4.04. The molecule has 0 saturated carbocycles. The summed E-state index contributed by atoms with van der Waals surface area (Å²) in [7, 11) is 0. The molecule has 1 aromatic carbocycles. The molecule has 1 amide bonds. The molecule has 200 valence electrons. The van der Waals surface area contributed by atoms with Crippen molar-refractivity contribution >= 4 is 16.9 Å². The standard InChI is InChI=1S/C28H31F2N5O3/c1-3-24(37)35-18-8-17(9-19(35)13-38-12-18)26-25(16(2)11-34-14-28(29,30)15-34)21-10-22(32-33-27(21)31-26)20-6-4-5-7-23(20)36/h3-7,10,16-19,36H,1,8-9,11-15H2,2H3,(H,31,33). The van der Waals surface area contributed by atoms with Gasteiger partial charge in [0.05, 0.1) is 44.1 Å². The van der Waals surface area contributed by atoms with Gasteiger partial charge in [0.25, 0.3) is 5.92 Å². The monoisotopic (exact) mass is 523 g/mol. The minimum atomic E-state index is -2.63. The third kappa shape index (κ3) is 4.35. The van der Waals surface area contributed by atoms with Crippen LogP contribution in [-0.4, -0.2) is 86.8 Å². The van der Waals surface area contributed by atoms with E-state index in [1.807, 2.05) is 17.0 Å².